The SMILES string of the molecule is CON=C(C(=O)NC1C(=O)N2C(C(=O)OCc3ccc([N+](=O)[O-])cc3)=C(CCl)CS[C@@H]12)c1csc(NC(=O)C(F)(F)F)n1. The van der Waals surface area contributed by atoms with Crippen LogP contribution in [0.25, 0.3) is 0 Å². The molecular formula is C23H18ClF3N6O8S2. The zero-order chi connectivity index (χ0) is 31.5. The molecule has 1 aromatic heterocycles. The first-order chi connectivity index (χ1) is 20.3. The summed E-state index contributed by atoms with van der Waals surface area (Å²) in [7, 11) is 1.10. The molecule has 20 heteroatoms. The molecule has 2 aliphatic rings. The molecule has 1 fully saturated rings. The fourth-order valence-corrected chi connectivity index (χ4v) is 6.19. The molecule has 0 radical (unpaired) electrons. The number of non-ortho nitro benzene ring substituents is 1. The van der Waals surface area contributed by atoms with Gasteiger partial charge in [0.25, 0.3) is 17.5 Å². The minimum atomic E-state index is -5.16. The van der Waals surface area contributed by atoms with Crippen molar-refractivity contribution in [3.63, 3.8) is 0 Å². The third-order valence-electron chi connectivity index (χ3n) is 5.83. The van der Waals surface area contributed by atoms with Gasteiger partial charge in [-0.05, 0) is 23.3 Å². The number of ether oxygens (including phenoxy) is 1. The molecule has 1 saturated heterocycles. The summed E-state index contributed by atoms with van der Waals surface area (Å²) < 4.78 is 43.0. The van der Waals surface area contributed by atoms with Crippen LogP contribution >= 0.6 is 34.7 Å². The molecule has 0 saturated carbocycles. The highest BCUT2D eigenvalue weighted by atomic mass is 35.5. The Hall–Kier alpha value is -4.23. The van der Waals surface area contributed by atoms with Gasteiger partial charge >= 0.3 is 18.1 Å². The van der Waals surface area contributed by atoms with Crippen molar-refractivity contribution in [3.05, 3.63) is 62.3 Å². The lowest BCUT2D eigenvalue weighted by Gasteiger charge is -2.49. The number of β-lactam (4-membered cyclic amide) rings is 1. The molecule has 2 atom stereocenters. The lowest BCUT2D eigenvalue weighted by atomic mass is 10.0. The number of nitrogens with one attached hydrogen (secondary N) is 2. The largest absolute Gasteiger partial charge is 0.471 e. The van der Waals surface area contributed by atoms with Crippen LogP contribution in [0.15, 0.2) is 46.1 Å². The van der Waals surface area contributed by atoms with E-state index < -0.39 is 57.0 Å². The molecule has 2 N–H and O–H groups in total. The Morgan fingerprint density at radius 2 is 1.98 bits per heavy atom. The fourth-order valence-electron chi connectivity index (χ4n) is 3.82. The molecule has 0 spiro atoms. The first-order valence-electron chi connectivity index (χ1n) is 11.7. The summed E-state index contributed by atoms with van der Waals surface area (Å²) >= 11 is 7.82. The van der Waals surface area contributed by atoms with E-state index in [0.29, 0.717) is 22.5 Å². The second-order valence-electron chi connectivity index (χ2n) is 8.56. The first kappa shape index (κ1) is 31.7. The molecule has 1 unspecified atom stereocenters. The molecule has 3 amide bonds. The Bertz CT molecular complexity index is 1530. The zero-order valence-electron chi connectivity index (χ0n) is 21.5. The summed E-state index contributed by atoms with van der Waals surface area (Å²) in [6.07, 6.45) is -5.16. The van der Waals surface area contributed by atoms with Gasteiger partial charge < -0.3 is 14.9 Å². The number of rotatable bonds is 10. The number of fused-ring (bicyclic) bond motifs is 1. The molecule has 0 bridgehead atoms. The van der Waals surface area contributed by atoms with E-state index in [9.17, 15) is 42.5 Å². The maximum atomic E-state index is 13.1. The number of hydrogen-bond donors (Lipinski definition) is 2. The van der Waals surface area contributed by atoms with Crippen LogP contribution in [0.1, 0.15) is 11.3 Å². The van der Waals surface area contributed by atoms with Crippen LogP contribution in [0.4, 0.5) is 24.0 Å². The standard InChI is InChI=1S/C23H18ClF3N6O8S2/c1-40-31-14(13-9-43-22(28-13)30-21(37)23(25,26)27)17(34)29-15-18(35)32-16(11(6-24)8-42-19(15)32)20(36)41-7-10-2-4-12(5-3-10)33(38)39/h2-5,9,15,19H,6-8H2,1H3,(H,29,34)(H,28,30,37)/t15?,19-/m0/s1. The average molecular weight is 663 g/mol. The average Bonchev–Trinajstić information content (AvgIpc) is 3.43. The number of hydrogen-bond acceptors (Lipinski definition) is 12. The highest BCUT2D eigenvalue weighted by Gasteiger charge is 2.54. The third-order valence-corrected chi connectivity index (χ3v) is 8.25. The number of oxime groups is 1. The summed E-state index contributed by atoms with van der Waals surface area (Å²) in [4.78, 5) is 70.2. The third kappa shape index (κ3) is 6.89. The van der Waals surface area contributed by atoms with Crippen molar-refractivity contribution in [1.82, 2.24) is 15.2 Å². The van der Waals surface area contributed by atoms with Crippen LogP contribution in [0.5, 0.6) is 0 Å². The summed E-state index contributed by atoms with van der Waals surface area (Å²) in [6, 6.07) is 4.18. The number of nitro benzene ring substituents is 1. The predicted octanol–water partition coefficient (Wildman–Crippen LogP) is 2.54. The maximum Gasteiger partial charge on any atom is 0.471 e. The molecule has 14 nitrogen and oxygen atoms in total. The number of anilines is 1. The molecular weight excluding hydrogens is 645 g/mol. The van der Waals surface area contributed by atoms with Gasteiger partial charge in [0, 0.05) is 29.1 Å². The van der Waals surface area contributed by atoms with E-state index in [-0.39, 0.29) is 35.3 Å². The Labute approximate surface area is 252 Å². The lowest BCUT2D eigenvalue weighted by Crippen LogP contribution is -2.71. The van der Waals surface area contributed by atoms with E-state index in [0.717, 1.165) is 17.4 Å². The van der Waals surface area contributed by atoms with Gasteiger partial charge in [-0.1, -0.05) is 5.16 Å². The molecule has 1 aromatic carbocycles. The Balaban J connectivity index is 1.44. The molecule has 0 aliphatic carbocycles. The topological polar surface area (TPSA) is 182 Å². The Kier molecular flexibility index (Phi) is 9.55. The smallest absolute Gasteiger partial charge is 0.456 e. The van der Waals surface area contributed by atoms with Crippen LogP contribution in [-0.2, 0) is 35.4 Å². The van der Waals surface area contributed by atoms with E-state index in [2.05, 4.69) is 20.3 Å². The zero-order valence-corrected chi connectivity index (χ0v) is 23.9. The van der Waals surface area contributed by atoms with Crippen molar-refractivity contribution in [1.29, 1.82) is 0 Å². The van der Waals surface area contributed by atoms with Gasteiger partial charge in [-0.2, -0.15) is 13.2 Å². The lowest BCUT2D eigenvalue weighted by molar-refractivity contribution is -0.384. The quantitative estimate of drug-likeness (QED) is 0.0958. The van der Waals surface area contributed by atoms with E-state index in [1.54, 1.807) is 5.32 Å². The first-order valence-corrected chi connectivity index (χ1v) is 14.2. The van der Waals surface area contributed by atoms with E-state index in [1.807, 2.05) is 0 Å². The van der Waals surface area contributed by atoms with Gasteiger partial charge in [0.15, 0.2) is 10.8 Å². The number of nitrogens with zero attached hydrogens (tertiary/aromatic N) is 4. The predicted molar refractivity (Wildman–Crippen MR) is 146 cm³/mol. The van der Waals surface area contributed by atoms with Gasteiger partial charge in [-0.15, -0.1) is 34.7 Å². The number of nitro groups is 1. The summed E-state index contributed by atoms with van der Waals surface area (Å²) in [6.45, 7) is -0.244. The second-order valence-corrected chi connectivity index (χ2v) is 10.8. The molecule has 3 heterocycles. The van der Waals surface area contributed by atoms with Crippen LogP contribution in [-0.4, -0.2) is 80.5 Å². The minimum absolute atomic E-state index is 0.0912. The molecule has 228 valence electrons. The monoisotopic (exact) mass is 662 g/mol. The van der Waals surface area contributed by atoms with Crippen LogP contribution in [0.2, 0.25) is 0 Å². The number of aromatic nitrogens is 1. The van der Waals surface area contributed by atoms with Gasteiger partial charge in [0.1, 0.15) is 36.5 Å². The van der Waals surface area contributed by atoms with E-state index in [1.165, 1.54) is 36.0 Å². The number of thiazole rings is 1. The number of carbonyl (C=O) groups excluding carboxylic acids is 4. The van der Waals surface area contributed by atoms with Crippen LogP contribution < -0.4 is 10.6 Å². The van der Waals surface area contributed by atoms with Gasteiger partial charge in [-0.25, -0.2) is 9.78 Å². The number of amides is 3. The maximum absolute atomic E-state index is 13.1. The van der Waals surface area contributed by atoms with Crippen LogP contribution in [0, 0.1) is 10.1 Å². The van der Waals surface area contributed by atoms with E-state index >= 15 is 0 Å². The highest BCUT2D eigenvalue weighted by molar-refractivity contribution is 8.00. The number of benzene rings is 1. The molecule has 2 aromatic rings. The van der Waals surface area contributed by atoms with E-state index in [4.69, 9.17) is 16.3 Å². The van der Waals surface area contributed by atoms with Crippen molar-refractivity contribution >= 4 is 74.9 Å². The van der Waals surface area contributed by atoms with Crippen molar-refractivity contribution in [3.8, 4) is 0 Å². The normalized spacial score (nSPS) is 18.4. The van der Waals surface area contributed by atoms with Crippen molar-refractivity contribution in [2.75, 3.05) is 24.1 Å². The summed E-state index contributed by atoms with van der Waals surface area (Å²) in [5, 5.41) is 18.4. The van der Waals surface area contributed by atoms with Gasteiger partial charge in [0.05, 0.1) is 4.92 Å². The second kappa shape index (κ2) is 13.0. The Morgan fingerprint density at radius 3 is 2.58 bits per heavy atom. The van der Waals surface area contributed by atoms with Crippen molar-refractivity contribution < 1.29 is 46.8 Å². The number of carbonyl (C=O) groups is 4. The number of esters is 1. The molecule has 43 heavy (non-hydrogen) atoms. The van der Waals surface area contributed by atoms with Crippen molar-refractivity contribution in [2.24, 2.45) is 5.16 Å². The fraction of sp³-hybridized carbons (Fsp3) is 0.304. The summed E-state index contributed by atoms with van der Waals surface area (Å²) in [5.74, 6) is -4.64. The van der Waals surface area contributed by atoms with Crippen molar-refractivity contribution in [2.45, 2.75) is 24.2 Å². The number of alkyl halides is 4. The van der Waals surface area contributed by atoms with Crippen LogP contribution in [0.3, 0.4) is 0 Å². The van der Waals surface area contributed by atoms with Gasteiger partial charge in [-0.3, -0.25) is 34.7 Å². The Morgan fingerprint density at radius 1 is 1.28 bits per heavy atom. The molecule has 2 aliphatic heterocycles. The molecule has 4 rings (SSSR count). The minimum Gasteiger partial charge on any atom is -0.456 e. The highest BCUT2D eigenvalue weighted by Crippen LogP contribution is 2.41. The number of halogens is 4. The van der Waals surface area contributed by atoms with Gasteiger partial charge in [0.2, 0.25) is 0 Å². The number of thioether (sulfide) groups is 1. The summed E-state index contributed by atoms with van der Waals surface area (Å²) in [5.41, 5.74) is -0.0870.